The Hall–Kier alpha value is -0.120. The van der Waals surface area contributed by atoms with Crippen LogP contribution >= 0.6 is 0 Å². The van der Waals surface area contributed by atoms with Crippen molar-refractivity contribution in [3.05, 3.63) is 0 Å². The maximum atomic E-state index is 5.75. The predicted octanol–water partition coefficient (Wildman–Crippen LogP) is 1.85. The van der Waals surface area contributed by atoms with Crippen LogP contribution in [0.1, 0.15) is 26.7 Å². The van der Waals surface area contributed by atoms with Crippen molar-refractivity contribution in [1.82, 2.24) is 0 Å². The van der Waals surface area contributed by atoms with Crippen LogP contribution in [0.4, 0.5) is 0 Å². The first-order valence-electron chi connectivity index (χ1n) is 6.16. The minimum Gasteiger partial charge on any atom is -0.380 e. The van der Waals surface area contributed by atoms with Crippen molar-refractivity contribution < 1.29 is 14.2 Å². The van der Waals surface area contributed by atoms with E-state index in [0.29, 0.717) is 24.0 Å². The number of hydrogen-bond donors (Lipinski definition) is 0. The Morgan fingerprint density at radius 2 is 1.40 bits per heavy atom. The summed E-state index contributed by atoms with van der Waals surface area (Å²) in [5, 5.41) is 0. The third-order valence-electron chi connectivity index (χ3n) is 3.57. The van der Waals surface area contributed by atoms with Gasteiger partial charge in [0.1, 0.15) is 0 Å². The summed E-state index contributed by atoms with van der Waals surface area (Å²) in [4.78, 5) is 0. The first-order chi connectivity index (χ1) is 7.35. The van der Waals surface area contributed by atoms with Crippen LogP contribution in [0.5, 0.6) is 0 Å². The third kappa shape index (κ3) is 2.52. The Kier molecular flexibility index (Phi) is 4.00. The zero-order valence-electron chi connectivity index (χ0n) is 9.78. The van der Waals surface area contributed by atoms with Crippen molar-refractivity contribution in [2.75, 3.05) is 26.4 Å². The zero-order valence-corrected chi connectivity index (χ0v) is 9.78. The largest absolute Gasteiger partial charge is 0.380 e. The van der Waals surface area contributed by atoms with Gasteiger partial charge in [0.25, 0.3) is 0 Å². The molecule has 2 fully saturated rings. The van der Waals surface area contributed by atoms with Gasteiger partial charge < -0.3 is 14.2 Å². The molecule has 0 bridgehead atoms. The fourth-order valence-corrected chi connectivity index (χ4v) is 2.32. The summed E-state index contributed by atoms with van der Waals surface area (Å²) >= 11 is 0. The molecule has 2 aliphatic rings. The van der Waals surface area contributed by atoms with E-state index in [9.17, 15) is 0 Å². The van der Waals surface area contributed by atoms with Crippen molar-refractivity contribution in [1.29, 1.82) is 0 Å². The molecule has 2 aliphatic heterocycles. The first-order valence-corrected chi connectivity index (χ1v) is 6.16. The van der Waals surface area contributed by atoms with Gasteiger partial charge in [-0.2, -0.15) is 0 Å². The number of hydrogen-bond acceptors (Lipinski definition) is 3. The summed E-state index contributed by atoms with van der Waals surface area (Å²) in [6.45, 7) is 7.85. The highest BCUT2D eigenvalue weighted by atomic mass is 16.5. The summed E-state index contributed by atoms with van der Waals surface area (Å²) in [5.41, 5.74) is 0. The molecular formula is C12H22O3. The fourth-order valence-electron chi connectivity index (χ4n) is 2.32. The minimum atomic E-state index is 0.449. The molecule has 3 nitrogen and oxygen atoms in total. The van der Waals surface area contributed by atoms with Crippen LogP contribution in [-0.4, -0.2) is 38.6 Å². The van der Waals surface area contributed by atoms with Crippen molar-refractivity contribution in [3.8, 4) is 0 Å². The van der Waals surface area contributed by atoms with Crippen molar-refractivity contribution in [2.24, 2.45) is 11.8 Å². The number of rotatable bonds is 6. The quantitative estimate of drug-likeness (QED) is 0.675. The van der Waals surface area contributed by atoms with Crippen LogP contribution in [0.3, 0.4) is 0 Å². The Balaban J connectivity index is 1.55. The van der Waals surface area contributed by atoms with E-state index in [0.717, 1.165) is 39.3 Å². The van der Waals surface area contributed by atoms with E-state index in [1.165, 1.54) is 0 Å². The zero-order chi connectivity index (χ0) is 10.7. The highest BCUT2D eigenvalue weighted by Gasteiger charge is 2.33. The maximum absolute atomic E-state index is 5.75. The van der Waals surface area contributed by atoms with Gasteiger partial charge in [-0.3, -0.25) is 0 Å². The second-order valence-corrected chi connectivity index (χ2v) is 4.62. The molecule has 4 unspecified atom stereocenters. The summed E-state index contributed by atoms with van der Waals surface area (Å²) in [7, 11) is 0. The van der Waals surface area contributed by atoms with Gasteiger partial charge in [-0.25, -0.2) is 0 Å². The third-order valence-corrected chi connectivity index (χ3v) is 3.57. The molecule has 0 aromatic rings. The minimum absolute atomic E-state index is 0.449. The molecule has 4 atom stereocenters. The molecule has 2 saturated heterocycles. The number of ether oxygens (including phenoxy) is 3. The molecule has 88 valence electrons. The van der Waals surface area contributed by atoms with Gasteiger partial charge in [-0.1, -0.05) is 13.8 Å². The monoisotopic (exact) mass is 214 g/mol. The topological polar surface area (TPSA) is 27.7 Å². The summed E-state index contributed by atoms with van der Waals surface area (Å²) in [6.07, 6.45) is 3.12. The molecule has 0 aromatic heterocycles. The van der Waals surface area contributed by atoms with Gasteiger partial charge in [-0.05, 0) is 12.8 Å². The van der Waals surface area contributed by atoms with Crippen LogP contribution in [0, 0.1) is 11.8 Å². The van der Waals surface area contributed by atoms with Crippen molar-refractivity contribution in [2.45, 2.75) is 38.9 Å². The molecule has 3 heteroatoms. The SMILES string of the molecule is CCC1OCC1COCC1COC1CC. The summed E-state index contributed by atoms with van der Waals surface area (Å²) in [5.74, 6) is 1.27. The van der Waals surface area contributed by atoms with Gasteiger partial charge in [0.2, 0.25) is 0 Å². The van der Waals surface area contributed by atoms with Gasteiger partial charge in [0, 0.05) is 11.8 Å². The molecule has 0 radical (unpaired) electrons. The molecule has 0 spiro atoms. The predicted molar refractivity (Wildman–Crippen MR) is 57.9 cm³/mol. The maximum Gasteiger partial charge on any atom is 0.0645 e. The summed E-state index contributed by atoms with van der Waals surface area (Å²) < 4.78 is 16.6. The van der Waals surface area contributed by atoms with Gasteiger partial charge in [-0.15, -0.1) is 0 Å². The molecule has 2 heterocycles. The van der Waals surface area contributed by atoms with Gasteiger partial charge in [0.15, 0.2) is 0 Å². The lowest BCUT2D eigenvalue weighted by atomic mass is 9.95. The molecule has 0 N–H and O–H groups in total. The van der Waals surface area contributed by atoms with Crippen molar-refractivity contribution >= 4 is 0 Å². The Bertz CT molecular complexity index is 171. The fraction of sp³-hybridized carbons (Fsp3) is 1.00. The van der Waals surface area contributed by atoms with Crippen molar-refractivity contribution in [3.63, 3.8) is 0 Å². The van der Waals surface area contributed by atoms with E-state index in [1.54, 1.807) is 0 Å². The normalized spacial score (nSPS) is 39.6. The van der Waals surface area contributed by atoms with Crippen LogP contribution in [0.25, 0.3) is 0 Å². The van der Waals surface area contributed by atoms with Crippen LogP contribution < -0.4 is 0 Å². The van der Waals surface area contributed by atoms with Crippen LogP contribution in [0.15, 0.2) is 0 Å². The molecular weight excluding hydrogens is 192 g/mol. The van der Waals surface area contributed by atoms with Gasteiger partial charge in [0.05, 0.1) is 38.6 Å². The van der Waals surface area contributed by atoms with Crippen LogP contribution in [-0.2, 0) is 14.2 Å². The van der Waals surface area contributed by atoms with E-state index in [1.807, 2.05) is 0 Å². The lowest BCUT2D eigenvalue weighted by molar-refractivity contribution is -0.168. The average molecular weight is 214 g/mol. The summed E-state index contributed by atoms with van der Waals surface area (Å²) in [6, 6.07) is 0. The van der Waals surface area contributed by atoms with E-state index in [2.05, 4.69) is 13.8 Å². The Morgan fingerprint density at radius 3 is 1.67 bits per heavy atom. The first kappa shape index (κ1) is 11.4. The lowest BCUT2D eigenvalue weighted by Crippen LogP contribution is -2.45. The smallest absolute Gasteiger partial charge is 0.0645 e. The molecule has 0 aliphatic carbocycles. The molecule has 15 heavy (non-hydrogen) atoms. The van der Waals surface area contributed by atoms with E-state index in [-0.39, 0.29) is 0 Å². The standard InChI is InChI=1S/C12H22O3/c1-3-11-9(7-14-11)5-13-6-10-8-15-12(10)4-2/h9-12H,3-8H2,1-2H3. The van der Waals surface area contributed by atoms with E-state index >= 15 is 0 Å². The van der Waals surface area contributed by atoms with Gasteiger partial charge >= 0.3 is 0 Å². The highest BCUT2D eigenvalue weighted by molar-refractivity contribution is 4.79. The molecule has 0 saturated carbocycles. The average Bonchev–Trinajstić information content (AvgIpc) is 2.15. The molecule has 0 aromatic carbocycles. The highest BCUT2D eigenvalue weighted by Crippen LogP contribution is 2.26. The molecule has 2 rings (SSSR count). The lowest BCUT2D eigenvalue weighted by Gasteiger charge is -2.38. The molecule has 0 amide bonds. The van der Waals surface area contributed by atoms with Crippen LogP contribution in [0.2, 0.25) is 0 Å². The Labute approximate surface area is 92.1 Å². The van der Waals surface area contributed by atoms with E-state index in [4.69, 9.17) is 14.2 Å². The van der Waals surface area contributed by atoms with E-state index < -0.39 is 0 Å². The second-order valence-electron chi connectivity index (χ2n) is 4.62. The Morgan fingerprint density at radius 1 is 0.933 bits per heavy atom. The second kappa shape index (κ2) is 5.28.